The zero-order chi connectivity index (χ0) is 12.7. The summed E-state index contributed by atoms with van der Waals surface area (Å²) in [5.74, 6) is -0.708. The van der Waals surface area contributed by atoms with E-state index in [1.54, 1.807) is 12.1 Å². The quantitative estimate of drug-likeness (QED) is 0.559. The highest BCUT2D eigenvalue weighted by Crippen LogP contribution is 2.21. The Hall–Kier alpha value is -1.75. The lowest BCUT2D eigenvalue weighted by molar-refractivity contribution is 0.0691. The molecule has 0 saturated carbocycles. The average molecular weight is 239 g/mol. The van der Waals surface area contributed by atoms with Gasteiger partial charge in [-0.3, -0.25) is 0 Å². The fraction of sp³-hybridized carbons (Fsp3) is 0.417. The summed E-state index contributed by atoms with van der Waals surface area (Å²) in [5.41, 5.74) is 6.01. The van der Waals surface area contributed by atoms with Crippen molar-refractivity contribution in [2.45, 2.75) is 13.3 Å². The highest BCUT2D eigenvalue weighted by atomic mass is 16.5. The van der Waals surface area contributed by atoms with E-state index in [4.69, 9.17) is 20.3 Å². The second-order valence-corrected chi connectivity index (χ2v) is 3.46. The molecule has 1 aromatic rings. The molecule has 0 radical (unpaired) electrons. The van der Waals surface area contributed by atoms with Gasteiger partial charge in [-0.25, -0.2) is 4.79 Å². The molecule has 0 bridgehead atoms. The average Bonchev–Trinajstić information content (AvgIpc) is 2.30. The Bertz CT molecular complexity index is 379. The first-order valence-electron chi connectivity index (χ1n) is 5.48. The van der Waals surface area contributed by atoms with E-state index in [1.807, 2.05) is 6.92 Å². The minimum Gasteiger partial charge on any atom is -0.493 e. The van der Waals surface area contributed by atoms with Crippen LogP contribution in [0.1, 0.15) is 23.7 Å². The molecule has 0 spiro atoms. The van der Waals surface area contributed by atoms with E-state index in [9.17, 15) is 4.79 Å². The molecule has 1 rings (SSSR count). The summed E-state index contributed by atoms with van der Waals surface area (Å²) in [5, 5.41) is 8.97. The molecule has 17 heavy (non-hydrogen) atoms. The SMILES string of the molecule is CCOCCCOc1ccc(N)cc1C(=O)O. The molecule has 0 heterocycles. The molecule has 0 aromatic heterocycles. The molecule has 0 aliphatic carbocycles. The van der Waals surface area contributed by atoms with Crippen LogP contribution in [0.2, 0.25) is 0 Å². The number of carboxylic acids is 1. The third-order valence-electron chi connectivity index (χ3n) is 2.13. The third kappa shape index (κ3) is 4.32. The van der Waals surface area contributed by atoms with Gasteiger partial charge in [0.15, 0.2) is 0 Å². The van der Waals surface area contributed by atoms with Crippen LogP contribution in [0.15, 0.2) is 18.2 Å². The summed E-state index contributed by atoms with van der Waals surface area (Å²) in [6.45, 7) is 3.61. The fourth-order valence-electron chi connectivity index (χ4n) is 1.33. The van der Waals surface area contributed by atoms with Crippen molar-refractivity contribution in [3.05, 3.63) is 23.8 Å². The molecule has 5 nitrogen and oxygen atoms in total. The standard InChI is InChI=1S/C12H17NO4/c1-2-16-6-3-7-17-11-5-4-9(13)8-10(11)12(14)15/h4-5,8H,2-3,6-7,13H2,1H3,(H,14,15). The maximum atomic E-state index is 10.9. The number of carboxylic acid groups (broad SMARTS) is 1. The van der Waals surface area contributed by atoms with Crippen LogP contribution in [0.25, 0.3) is 0 Å². The summed E-state index contributed by atoms with van der Waals surface area (Å²) in [7, 11) is 0. The highest BCUT2D eigenvalue weighted by molar-refractivity contribution is 5.92. The van der Waals surface area contributed by atoms with Gasteiger partial charge in [-0.1, -0.05) is 0 Å². The lowest BCUT2D eigenvalue weighted by atomic mass is 10.2. The Labute approximate surface area is 100 Å². The van der Waals surface area contributed by atoms with Gasteiger partial charge in [-0.15, -0.1) is 0 Å². The van der Waals surface area contributed by atoms with Crippen molar-refractivity contribution < 1.29 is 19.4 Å². The molecule has 0 fully saturated rings. The van der Waals surface area contributed by atoms with Crippen LogP contribution < -0.4 is 10.5 Å². The smallest absolute Gasteiger partial charge is 0.339 e. The number of aromatic carboxylic acids is 1. The second kappa shape index (κ2) is 6.75. The summed E-state index contributed by atoms with van der Waals surface area (Å²) < 4.78 is 10.5. The molecule has 1 aromatic carbocycles. The molecule has 0 atom stereocenters. The zero-order valence-electron chi connectivity index (χ0n) is 9.81. The van der Waals surface area contributed by atoms with E-state index in [-0.39, 0.29) is 5.56 Å². The van der Waals surface area contributed by atoms with Crippen LogP contribution in [-0.2, 0) is 4.74 Å². The van der Waals surface area contributed by atoms with Gasteiger partial charge in [0, 0.05) is 25.3 Å². The Kier molecular flexibility index (Phi) is 5.29. The number of benzene rings is 1. The van der Waals surface area contributed by atoms with Crippen molar-refractivity contribution in [2.75, 3.05) is 25.6 Å². The topological polar surface area (TPSA) is 81.8 Å². The molecular formula is C12H17NO4. The van der Waals surface area contributed by atoms with Gasteiger partial charge in [-0.05, 0) is 25.1 Å². The maximum absolute atomic E-state index is 10.9. The number of rotatable bonds is 7. The van der Waals surface area contributed by atoms with Crippen LogP contribution in [0.3, 0.4) is 0 Å². The minimum atomic E-state index is -1.04. The fourth-order valence-corrected chi connectivity index (χ4v) is 1.33. The largest absolute Gasteiger partial charge is 0.493 e. The molecule has 0 unspecified atom stereocenters. The van der Waals surface area contributed by atoms with Crippen LogP contribution in [-0.4, -0.2) is 30.9 Å². The van der Waals surface area contributed by atoms with E-state index in [0.29, 0.717) is 31.3 Å². The van der Waals surface area contributed by atoms with Gasteiger partial charge in [0.2, 0.25) is 0 Å². The van der Waals surface area contributed by atoms with Gasteiger partial charge in [-0.2, -0.15) is 0 Å². The number of nitrogen functional groups attached to an aromatic ring is 1. The summed E-state index contributed by atoms with van der Waals surface area (Å²) in [6.07, 6.45) is 0.720. The third-order valence-corrected chi connectivity index (χ3v) is 2.13. The summed E-state index contributed by atoms with van der Waals surface area (Å²) >= 11 is 0. The van der Waals surface area contributed by atoms with Gasteiger partial charge >= 0.3 is 5.97 Å². The van der Waals surface area contributed by atoms with Crippen molar-refractivity contribution in [2.24, 2.45) is 0 Å². The molecular weight excluding hydrogens is 222 g/mol. The van der Waals surface area contributed by atoms with Crippen LogP contribution in [0.5, 0.6) is 5.75 Å². The predicted molar refractivity (Wildman–Crippen MR) is 64.4 cm³/mol. The van der Waals surface area contributed by atoms with Gasteiger partial charge in [0.1, 0.15) is 11.3 Å². The first-order chi connectivity index (χ1) is 8.15. The summed E-state index contributed by atoms with van der Waals surface area (Å²) in [4.78, 5) is 10.9. The first kappa shape index (κ1) is 13.3. The molecule has 3 N–H and O–H groups in total. The predicted octanol–water partition coefficient (Wildman–Crippen LogP) is 1.77. The minimum absolute atomic E-state index is 0.0846. The Morgan fingerprint density at radius 1 is 1.41 bits per heavy atom. The number of carbonyl (C=O) groups is 1. The normalized spacial score (nSPS) is 10.2. The number of ether oxygens (including phenoxy) is 2. The number of hydrogen-bond acceptors (Lipinski definition) is 4. The molecule has 0 aliphatic rings. The Morgan fingerprint density at radius 3 is 2.82 bits per heavy atom. The molecule has 5 heteroatoms. The van der Waals surface area contributed by atoms with Crippen LogP contribution in [0.4, 0.5) is 5.69 Å². The van der Waals surface area contributed by atoms with E-state index < -0.39 is 5.97 Å². The van der Waals surface area contributed by atoms with E-state index >= 15 is 0 Å². The second-order valence-electron chi connectivity index (χ2n) is 3.46. The molecule has 0 aliphatic heterocycles. The van der Waals surface area contributed by atoms with Gasteiger partial charge < -0.3 is 20.3 Å². The first-order valence-corrected chi connectivity index (χ1v) is 5.48. The highest BCUT2D eigenvalue weighted by Gasteiger charge is 2.11. The van der Waals surface area contributed by atoms with Crippen LogP contribution >= 0.6 is 0 Å². The molecule has 94 valence electrons. The van der Waals surface area contributed by atoms with Gasteiger partial charge in [0.05, 0.1) is 6.61 Å². The van der Waals surface area contributed by atoms with Crippen molar-refractivity contribution in [1.82, 2.24) is 0 Å². The van der Waals surface area contributed by atoms with E-state index in [0.717, 1.165) is 6.42 Å². The molecule has 0 amide bonds. The van der Waals surface area contributed by atoms with Crippen LogP contribution in [0, 0.1) is 0 Å². The van der Waals surface area contributed by atoms with Crippen molar-refractivity contribution in [1.29, 1.82) is 0 Å². The van der Waals surface area contributed by atoms with Crippen molar-refractivity contribution in [3.63, 3.8) is 0 Å². The summed E-state index contributed by atoms with van der Waals surface area (Å²) in [6, 6.07) is 4.57. The van der Waals surface area contributed by atoms with Gasteiger partial charge in [0.25, 0.3) is 0 Å². The zero-order valence-corrected chi connectivity index (χ0v) is 9.81. The lowest BCUT2D eigenvalue weighted by Crippen LogP contribution is -2.07. The van der Waals surface area contributed by atoms with E-state index in [2.05, 4.69) is 0 Å². The Morgan fingerprint density at radius 2 is 2.18 bits per heavy atom. The molecule has 0 saturated heterocycles. The lowest BCUT2D eigenvalue weighted by Gasteiger charge is -2.09. The monoisotopic (exact) mass is 239 g/mol. The van der Waals surface area contributed by atoms with Crippen molar-refractivity contribution >= 4 is 11.7 Å². The number of hydrogen-bond donors (Lipinski definition) is 2. The Balaban J connectivity index is 2.55. The maximum Gasteiger partial charge on any atom is 0.339 e. The number of anilines is 1. The van der Waals surface area contributed by atoms with E-state index in [1.165, 1.54) is 6.07 Å². The van der Waals surface area contributed by atoms with Crippen molar-refractivity contribution in [3.8, 4) is 5.75 Å². The number of nitrogens with two attached hydrogens (primary N) is 1.